The average Bonchev–Trinajstić information content (AvgIpc) is 3.00. The second-order valence-electron chi connectivity index (χ2n) is 11.3. The minimum atomic E-state index is -0.281. The first kappa shape index (κ1) is 29.1. The molecule has 0 bridgehead atoms. The molecule has 1 saturated heterocycles. The highest BCUT2D eigenvalue weighted by Crippen LogP contribution is 2.25. The number of hydrogen-bond acceptors (Lipinski definition) is 7. The molecule has 220 valence electrons. The number of ether oxygens (including phenoxy) is 2. The molecule has 5 rings (SSSR count). The summed E-state index contributed by atoms with van der Waals surface area (Å²) in [6, 6.07) is 21.0. The SMILES string of the molecule is CC(C)[C@H](C)n1c(=O)ccc2cnc(N[C@@H](C)c3ccc(OC4CCN(C(=O)OCc5ccccc5)CC4)cc3)nc21. The Balaban J connectivity index is 1.15. The standard InChI is InChI=1S/C33H39N5O4/c1-22(2)24(4)38-30(39)15-12-27-20-34-32(36-31(27)38)35-23(3)26-10-13-28(14-11-26)42-29-16-18-37(19-17-29)33(40)41-21-25-8-6-5-7-9-25/h5-15,20,22-24,29H,16-19,21H2,1-4H3,(H,34,35,36)/t23-,24-/m0/s1. The fraction of sp³-hybridized carbons (Fsp3) is 0.394. The van der Waals surface area contributed by atoms with Gasteiger partial charge in [0.2, 0.25) is 5.95 Å². The van der Waals surface area contributed by atoms with Gasteiger partial charge in [0.25, 0.3) is 5.56 Å². The van der Waals surface area contributed by atoms with Gasteiger partial charge in [0, 0.05) is 49.6 Å². The van der Waals surface area contributed by atoms with Crippen molar-refractivity contribution >= 4 is 23.1 Å². The van der Waals surface area contributed by atoms with Crippen LogP contribution in [0.4, 0.5) is 10.7 Å². The Morgan fingerprint density at radius 1 is 0.976 bits per heavy atom. The van der Waals surface area contributed by atoms with Crippen molar-refractivity contribution in [1.29, 1.82) is 0 Å². The van der Waals surface area contributed by atoms with Gasteiger partial charge in [0.1, 0.15) is 24.1 Å². The van der Waals surface area contributed by atoms with E-state index >= 15 is 0 Å². The predicted octanol–water partition coefficient (Wildman–Crippen LogP) is 6.36. The van der Waals surface area contributed by atoms with Crippen molar-refractivity contribution in [3.05, 3.63) is 94.4 Å². The van der Waals surface area contributed by atoms with Crippen molar-refractivity contribution in [1.82, 2.24) is 19.4 Å². The number of carbonyl (C=O) groups is 1. The van der Waals surface area contributed by atoms with Gasteiger partial charge in [-0.25, -0.2) is 9.78 Å². The molecule has 0 aliphatic carbocycles. The number of amides is 1. The molecular formula is C33H39N5O4. The van der Waals surface area contributed by atoms with Gasteiger partial charge in [-0.2, -0.15) is 4.98 Å². The van der Waals surface area contributed by atoms with Gasteiger partial charge >= 0.3 is 6.09 Å². The van der Waals surface area contributed by atoms with E-state index in [4.69, 9.17) is 14.5 Å². The summed E-state index contributed by atoms with van der Waals surface area (Å²) in [5.74, 6) is 1.55. The van der Waals surface area contributed by atoms with E-state index in [1.54, 1.807) is 27.8 Å². The van der Waals surface area contributed by atoms with Crippen molar-refractivity contribution in [2.24, 2.45) is 5.92 Å². The molecule has 1 N–H and O–H groups in total. The molecule has 4 aromatic rings. The summed E-state index contributed by atoms with van der Waals surface area (Å²) in [6.45, 7) is 9.76. The van der Waals surface area contributed by atoms with E-state index in [0.29, 0.717) is 24.7 Å². The van der Waals surface area contributed by atoms with Gasteiger partial charge in [-0.1, -0.05) is 56.3 Å². The third-order valence-electron chi connectivity index (χ3n) is 7.97. The minimum absolute atomic E-state index is 0.00890. The zero-order valence-corrected chi connectivity index (χ0v) is 24.7. The molecule has 0 unspecified atom stereocenters. The molecule has 42 heavy (non-hydrogen) atoms. The number of rotatable bonds is 9. The second-order valence-corrected chi connectivity index (χ2v) is 11.3. The fourth-order valence-corrected chi connectivity index (χ4v) is 5.07. The Morgan fingerprint density at radius 3 is 2.38 bits per heavy atom. The first-order chi connectivity index (χ1) is 20.3. The number of likely N-dealkylation sites (tertiary alicyclic amines) is 1. The quantitative estimate of drug-likeness (QED) is 0.250. The fourth-order valence-electron chi connectivity index (χ4n) is 5.07. The van der Waals surface area contributed by atoms with Crippen LogP contribution in [0.3, 0.4) is 0 Å². The lowest BCUT2D eigenvalue weighted by molar-refractivity contribution is 0.0638. The third kappa shape index (κ3) is 6.90. The Bertz CT molecular complexity index is 1550. The Morgan fingerprint density at radius 2 is 1.69 bits per heavy atom. The third-order valence-corrected chi connectivity index (χ3v) is 7.97. The number of hydrogen-bond donors (Lipinski definition) is 1. The summed E-state index contributed by atoms with van der Waals surface area (Å²) in [6.07, 6.45) is 3.02. The highest BCUT2D eigenvalue weighted by molar-refractivity contribution is 5.75. The largest absolute Gasteiger partial charge is 0.490 e. The number of aromatic nitrogens is 3. The summed E-state index contributed by atoms with van der Waals surface area (Å²) in [4.78, 5) is 36.1. The Kier molecular flexibility index (Phi) is 9.05. The van der Waals surface area contributed by atoms with Crippen molar-refractivity contribution in [2.75, 3.05) is 18.4 Å². The van der Waals surface area contributed by atoms with E-state index in [9.17, 15) is 9.59 Å². The van der Waals surface area contributed by atoms with Gasteiger partial charge in [-0.05, 0) is 49.1 Å². The normalized spacial score (nSPS) is 15.4. The molecule has 3 heterocycles. The number of carbonyl (C=O) groups excluding carboxylic acids is 1. The van der Waals surface area contributed by atoms with Crippen LogP contribution in [0.1, 0.15) is 63.7 Å². The van der Waals surface area contributed by atoms with E-state index < -0.39 is 0 Å². The van der Waals surface area contributed by atoms with Gasteiger partial charge < -0.3 is 19.7 Å². The van der Waals surface area contributed by atoms with Crippen LogP contribution in [0.2, 0.25) is 0 Å². The van der Waals surface area contributed by atoms with E-state index in [2.05, 4.69) is 24.1 Å². The van der Waals surface area contributed by atoms with E-state index in [1.165, 1.54) is 0 Å². The number of nitrogens with zero attached hydrogens (tertiary/aromatic N) is 4. The number of anilines is 1. The van der Waals surface area contributed by atoms with Crippen LogP contribution in [-0.4, -0.2) is 44.7 Å². The summed E-state index contributed by atoms with van der Waals surface area (Å²) in [5.41, 5.74) is 2.60. The minimum Gasteiger partial charge on any atom is -0.490 e. The number of nitrogens with one attached hydrogen (secondary N) is 1. The van der Waals surface area contributed by atoms with Gasteiger partial charge in [0.15, 0.2) is 0 Å². The zero-order chi connectivity index (χ0) is 29.6. The molecule has 0 radical (unpaired) electrons. The van der Waals surface area contributed by atoms with Crippen LogP contribution in [0.5, 0.6) is 5.75 Å². The van der Waals surface area contributed by atoms with Crippen LogP contribution >= 0.6 is 0 Å². The van der Waals surface area contributed by atoms with Crippen molar-refractivity contribution in [3.8, 4) is 5.75 Å². The van der Waals surface area contributed by atoms with Crippen LogP contribution in [-0.2, 0) is 11.3 Å². The molecular weight excluding hydrogens is 530 g/mol. The maximum atomic E-state index is 12.7. The highest BCUT2D eigenvalue weighted by Gasteiger charge is 2.25. The van der Waals surface area contributed by atoms with E-state index in [-0.39, 0.29) is 42.4 Å². The summed E-state index contributed by atoms with van der Waals surface area (Å²) in [7, 11) is 0. The van der Waals surface area contributed by atoms with Crippen LogP contribution < -0.4 is 15.6 Å². The van der Waals surface area contributed by atoms with Gasteiger partial charge in [0.05, 0.1) is 6.04 Å². The van der Waals surface area contributed by atoms with Crippen molar-refractivity contribution < 1.29 is 14.3 Å². The molecule has 2 aromatic carbocycles. The summed E-state index contributed by atoms with van der Waals surface area (Å²) >= 11 is 0. The van der Waals surface area contributed by atoms with Crippen LogP contribution in [0, 0.1) is 5.92 Å². The first-order valence-electron chi connectivity index (χ1n) is 14.7. The number of fused-ring (bicyclic) bond motifs is 1. The Labute approximate surface area is 246 Å². The lowest BCUT2D eigenvalue weighted by atomic mass is 10.1. The number of piperidine rings is 1. The molecule has 2 atom stereocenters. The monoisotopic (exact) mass is 569 g/mol. The molecule has 0 spiro atoms. The summed E-state index contributed by atoms with van der Waals surface area (Å²) in [5, 5.41) is 4.20. The molecule has 9 heteroatoms. The van der Waals surface area contributed by atoms with Crippen molar-refractivity contribution in [2.45, 2.75) is 65.3 Å². The van der Waals surface area contributed by atoms with E-state index in [0.717, 1.165) is 35.1 Å². The lowest BCUT2D eigenvalue weighted by Crippen LogP contribution is -2.42. The topological polar surface area (TPSA) is 98.6 Å². The maximum Gasteiger partial charge on any atom is 0.410 e. The molecule has 2 aromatic heterocycles. The number of pyridine rings is 1. The van der Waals surface area contributed by atoms with Crippen LogP contribution in [0.25, 0.3) is 11.0 Å². The molecule has 1 amide bonds. The summed E-state index contributed by atoms with van der Waals surface area (Å²) < 4.78 is 13.4. The highest BCUT2D eigenvalue weighted by atomic mass is 16.6. The van der Waals surface area contributed by atoms with E-state index in [1.807, 2.05) is 68.4 Å². The van der Waals surface area contributed by atoms with Crippen LogP contribution in [0.15, 0.2) is 77.7 Å². The first-order valence-corrected chi connectivity index (χ1v) is 14.7. The lowest BCUT2D eigenvalue weighted by Gasteiger charge is -2.31. The van der Waals surface area contributed by atoms with Gasteiger partial charge in [-0.3, -0.25) is 9.36 Å². The molecule has 1 fully saturated rings. The Hall–Kier alpha value is -4.40. The maximum absolute atomic E-state index is 12.7. The second kappa shape index (κ2) is 13.1. The molecule has 1 aliphatic heterocycles. The molecule has 1 aliphatic rings. The van der Waals surface area contributed by atoms with Crippen molar-refractivity contribution in [3.63, 3.8) is 0 Å². The zero-order valence-electron chi connectivity index (χ0n) is 24.7. The molecule has 0 saturated carbocycles. The average molecular weight is 570 g/mol. The predicted molar refractivity (Wildman–Crippen MR) is 164 cm³/mol. The molecule has 9 nitrogen and oxygen atoms in total. The number of benzene rings is 2. The smallest absolute Gasteiger partial charge is 0.410 e. The van der Waals surface area contributed by atoms with Gasteiger partial charge in [-0.15, -0.1) is 0 Å².